The number of hydrogen-bond acceptors (Lipinski definition) is 1. The van der Waals surface area contributed by atoms with Crippen LogP contribution in [0.2, 0.25) is 17.7 Å². The second kappa shape index (κ2) is 21.5. The molecule has 0 aliphatic rings. The van der Waals surface area contributed by atoms with Crippen LogP contribution in [0.25, 0.3) is 0 Å². The summed E-state index contributed by atoms with van der Waals surface area (Å²) in [6.07, 6.45) is 17.8. The van der Waals surface area contributed by atoms with Crippen molar-refractivity contribution in [3.63, 3.8) is 0 Å². The molecule has 0 saturated carbocycles. The molecule has 3 heteroatoms. The van der Waals surface area contributed by atoms with Gasteiger partial charge in [0.15, 0.2) is 0 Å². The van der Waals surface area contributed by atoms with Gasteiger partial charge in [0.05, 0.1) is 0 Å². The van der Waals surface area contributed by atoms with E-state index in [-0.39, 0.29) is 0 Å². The molecule has 0 aliphatic heterocycles. The van der Waals surface area contributed by atoms with Gasteiger partial charge in [-0.1, -0.05) is 0 Å². The molecule has 0 atom stereocenters. The molecular formula is C26H56O2Sn. The van der Waals surface area contributed by atoms with Crippen LogP contribution in [-0.2, 0) is 4.79 Å². The van der Waals surface area contributed by atoms with E-state index in [1.165, 1.54) is 64.2 Å². The number of carboxylic acid groups (broad SMARTS) is 1. The van der Waals surface area contributed by atoms with Crippen LogP contribution >= 0.6 is 0 Å². The average Bonchev–Trinajstić information content (AvgIpc) is 2.59. The van der Waals surface area contributed by atoms with E-state index in [1.54, 1.807) is 30.6 Å². The molecule has 0 bridgehead atoms. The first kappa shape index (κ1) is 31.5. The van der Waals surface area contributed by atoms with Gasteiger partial charge in [0.2, 0.25) is 0 Å². The van der Waals surface area contributed by atoms with Crippen LogP contribution in [-0.4, -0.2) is 29.5 Å². The van der Waals surface area contributed by atoms with E-state index in [9.17, 15) is 0 Å². The quantitative estimate of drug-likeness (QED) is 0.145. The second-order valence-electron chi connectivity index (χ2n) is 10.3. The molecule has 0 radical (unpaired) electrons. The van der Waals surface area contributed by atoms with Crippen LogP contribution in [0.1, 0.15) is 126 Å². The van der Waals surface area contributed by atoms with E-state index < -0.39 is 24.3 Å². The molecule has 2 nitrogen and oxygen atoms in total. The van der Waals surface area contributed by atoms with Crippen LogP contribution in [0, 0.1) is 11.8 Å². The van der Waals surface area contributed by atoms with E-state index in [4.69, 9.17) is 9.90 Å². The third-order valence-electron chi connectivity index (χ3n) is 5.80. The van der Waals surface area contributed by atoms with E-state index >= 15 is 0 Å². The van der Waals surface area contributed by atoms with Gasteiger partial charge in [0.25, 0.3) is 5.97 Å². The molecule has 0 fully saturated rings. The molecule has 1 N–H and O–H groups in total. The molecule has 0 unspecified atom stereocenters. The first-order valence-corrected chi connectivity index (χ1v) is 21.0. The Hall–Kier alpha value is 0.269. The average molecular weight is 519 g/mol. The van der Waals surface area contributed by atoms with Gasteiger partial charge < -0.3 is 5.11 Å². The van der Waals surface area contributed by atoms with Gasteiger partial charge in [-0.25, -0.2) is 0 Å². The molecule has 0 aromatic carbocycles. The minimum absolute atomic E-state index is 0.833. The molecule has 0 rings (SSSR count). The van der Waals surface area contributed by atoms with Crippen LogP contribution in [0.4, 0.5) is 0 Å². The standard InChI is InChI=1S/2C8H17.2C4H9.C2H4O2.Sn/c2*1-3-5-7-8-6-4-2;2*1-4(2)3;1-2(3)4;/h2*1,3-8H2,2H3;2*4H,1H2,2-3H3;1H3,(H,3,4);. The molecule has 0 spiro atoms. The molecule has 176 valence electrons. The SMILES string of the molecule is CC(=O)O.CCCCCCC[CH2][Sn]([CH2]CCCCCCC)([CH2]C(C)C)[CH2]C(C)C. The van der Waals surface area contributed by atoms with E-state index in [2.05, 4.69) is 41.5 Å². The molecule has 0 saturated heterocycles. The molecular weight excluding hydrogens is 463 g/mol. The normalized spacial score (nSPS) is 11.6. The maximum atomic E-state index is 9.00. The van der Waals surface area contributed by atoms with Crippen molar-refractivity contribution in [1.82, 2.24) is 0 Å². The Bertz CT molecular complexity index is 321. The molecule has 0 aromatic heterocycles. The summed E-state index contributed by atoms with van der Waals surface area (Å²) in [5.41, 5.74) is 0. The predicted molar refractivity (Wildman–Crippen MR) is 135 cm³/mol. The zero-order chi connectivity index (χ0) is 22.5. The second-order valence-corrected chi connectivity index (χ2v) is 24.0. The Morgan fingerprint density at radius 3 is 1.21 bits per heavy atom. The van der Waals surface area contributed by atoms with Crippen molar-refractivity contribution in [1.29, 1.82) is 0 Å². The Morgan fingerprint density at radius 1 is 0.655 bits per heavy atom. The predicted octanol–water partition coefficient (Wildman–Crippen LogP) is 9.56. The summed E-state index contributed by atoms with van der Waals surface area (Å²) in [5, 5.41) is 7.42. The Balaban J connectivity index is 0. The summed E-state index contributed by atoms with van der Waals surface area (Å²) in [5.74, 6) is 1.05. The third-order valence-corrected chi connectivity index (χ3v) is 23.5. The number of carboxylic acids is 1. The van der Waals surface area contributed by atoms with Crippen molar-refractivity contribution < 1.29 is 9.90 Å². The third kappa shape index (κ3) is 24.4. The molecule has 0 aromatic rings. The zero-order valence-electron chi connectivity index (χ0n) is 21.3. The zero-order valence-corrected chi connectivity index (χ0v) is 24.2. The molecule has 29 heavy (non-hydrogen) atoms. The van der Waals surface area contributed by atoms with Crippen molar-refractivity contribution in [2.75, 3.05) is 0 Å². The number of rotatable bonds is 18. The minimum atomic E-state index is -1.93. The van der Waals surface area contributed by atoms with Gasteiger partial charge in [0.1, 0.15) is 0 Å². The van der Waals surface area contributed by atoms with Gasteiger partial charge in [-0.3, -0.25) is 4.79 Å². The van der Waals surface area contributed by atoms with Gasteiger partial charge in [-0.2, -0.15) is 0 Å². The fourth-order valence-electron chi connectivity index (χ4n) is 4.91. The summed E-state index contributed by atoms with van der Waals surface area (Å²) in [7, 11) is 0. The number of aliphatic carboxylic acids is 1. The summed E-state index contributed by atoms with van der Waals surface area (Å²) >= 11 is -1.93. The van der Waals surface area contributed by atoms with Crippen molar-refractivity contribution in [2.45, 2.75) is 143 Å². The summed E-state index contributed by atoms with van der Waals surface area (Å²) in [6.45, 7) is 15.7. The number of carbonyl (C=O) groups is 1. The fourth-order valence-corrected chi connectivity index (χ4v) is 24.0. The van der Waals surface area contributed by atoms with Gasteiger partial charge >= 0.3 is 167 Å². The summed E-state index contributed by atoms with van der Waals surface area (Å²) in [6, 6.07) is 0. The Kier molecular flexibility index (Phi) is 23.3. The van der Waals surface area contributed by atoms with Gasteiger partial charge in [-0.15, -0.1) is 0 Å². The summed E-state index contributed by atoms with van der Waals surface area (Å²) in [4.78, 5) is 9.00. The van der Waals surface area contributed by atoms with Crippen molar-refractivity contribution in [2.24, 2.45) is 11.8 Å². The fraction of sp³-hybridized carbons (Fsp3) is 0.962. The topological polar surface area (TPSA) is 37.3 Å². The van der Waals surface area contributed by atoms with Gasteiger partial charge in [0, 0.05) is 6.92 Å². The van der Waals surface area contributed by atoms with Crippen molar-refractivity contribution in [3.05, 3.63) is 0 Å². The van der Waals surface area contributed by atoms with Crippen LogP contribution in [0.3, 0.4) is 0 Å². The number of unbranched alkanes of at least 4 members (excludes halogenated alkanes) is 10. The Morgan fingerprint density at radius 2 is 0.931 bits per heavy atom. The number of hydrogen-bond donors (Lipinski definition) is 1. The first-order valence-electron chi connectivity index (χ1n) is 12.9. The maximum absolute atomic E-state index is 9.00. The monoisotopic (exact) mass is 520 g/mol. The van der Waals surface area contributed by atoms with E-state index in [0.717, 1.165) is 18.8 Å². The van der Waals surface area contributed by atoms with Crippen molar-refractivity contribution in [3.8, 4) is 0 Å². The van der Waals surface area contributed by atoms with Crippen LogP contribution in [0.15, 0.2) is 0 Å². The van der Waals surface area contributed by atoms with Gasteiger partial charge in [-0.05, 0) is 0 Å². The van der Waals surface area contributed by atoms with Crippen molar-refractivity contribution >= 4 is 24.3 Å². The molecule has 0 amide bonds. The van der Waals surface area contributed by atoms with E-state index in [0.29, 0.717) is 0 Å². The molecule has 0 aliphatic carbocycles. The van der Waals surface area contributed by atoms with Crippen LogP contribution in [0.5, 0.6) is 0 Å². The Labute approximate surface area is 188 Å². The van der Waals surface area contributed by atoms with Crippen LogP contribution < -0.4 is 0 Å². The summed E-state index contributed by atoms with van der Waals surface area (Å²) < 4.78 is 6.73. The first-order chi connectivity index (χ1) is 13.7. The van der Waals surface area contributed by atoms with E-state index in [1.807, 2.05) is 0 Å². The molecule has 0 heterocycles.